The maximum Gasteiger partial charge on any atom is 0.0302 e. The van der Waals surface area contributed by atoms with E-state index >= 15 is 0 Å². The molecule has 0 amide bonds. The molecule has 0 aliphatic carbocycles. The van der Waals surface area contributed by atoms with E-state index in [1.54, 1.807) is 0 Å². The molecule has 0 aliphatic heterocycles. The molecule has 0 fully saturated rings. The Kier molecular flexibility index (Phi) is 6.60. The Hall–Kier alpha value is 0.01000. The second kappa shape index (κ2) is 7.45. The lowest BCUT2D eigenvalue weighted by atomic mass is 10.1. The van der Waals surface area contributed by atoms with Gasteiger partial charge in [0.25, 0.3) is 0 Å². The predicted molar refractivity (Wildman–Crippen MR) is 81.8 cm³/mol. The molecular weight excluding hydrogens is 294 g/mol. The molecule has 0 aromatic heterocycles. The normalized spacial score (nSPS) is 13.1. The smallest absolute Gasteiger partial charge is 0.0302 e. The molecule has 0 saturated heterocycles. The molecule has 1 aromatic rings. The van der Waals surface area contributed by atoms with E-state index in [0.717, 1.165) is 16.9 Å². The Balaban J connectivity index is 2.87. The zero-order chi connectivity index (χ0) is 12.8. The van der Waals surface area contributed by atoms with Crippen molar-refractivity contribution in [2.45, 2.75) is 38.6 Å². The first-order chi connectivity index (χ1) is 8.04. The highest BCUT2D eigenvalue weighted by atomic mass is 79.9. The first kappa shape index (κ1) is 15.1. The number of nitrogens with one attached hydrogen (secondary N) is 1. The molecular formula is C14H22BrNS. The van der Waals surface area contributed by atoms with E-state index < -0.39 is 0 Å². The van der Waals surface area contributed by atoms with Gasteiger partial charge >= 0.3 is 0 Å². The highest BCUT2D eigenvalue weighted by molar-refractivity contribution is 9.10. The molecule has 1 aromatic carbocycles. The van der Waals surface area contributed by atoms with Gasteiger partial charge < -0.3 is 5.32 Å². The van der Waals surface area contributed by atoms with E-state index in [1.165, 1.54) is 16.2 Å². The summed E-state index contributed by atoms with van der Waals surface area (Å²) in [6.07, 6.45) is 0. The predicted octanol–water partition coefficient (Wildman–Crippen LogP) is 4.87. The number of thioether (sulfide) groups is 1. The van der Waals surface area contributed by atoms with Gasteiger partial charge in [-0.3, -0.25) is 0 Å². The molecule has 0 heterocycles. The summed E-state index contributed by atoms with van der Waals surface area (Å²) >= 11 is 5.51. The minimum Gasteiger partial charge on any atom is -0.310 e. The molecule has 0 radical (unpaired) electrons. The SMILES string of the molecule is CCNC(C)c1ccc(Br)cc1SCC(C)C. The lowest BCUT2D eigenvalue weighted by Crippen LogP contribution is -2.18. The van der Waals surface area contributed by atoms with Gasteiger partial charge in [0.15, 0.2) is 0 Å². The largest absolute Gasteiger partial charge is 0.310 e. The molecule has 1 nitrogen and oxygen atoms in total. The fourth-order valence-corrected chi connectivity index (χ4v) is 3.31. The Bertz CT molecular complexity index is 352. The van der Waals surface area contributed by atoms with Gasteiger partial charge in [0.05, 0.1) is 0 Å². The van der Waals surface area contributed by atoms with Crippen molar-refractivity contribution in [3.63, 3.8) is 0 Å². The fraction of sp³-hybridized carbons (Fsp3) is 0.571. The third kappa shape index (κ3) is 5.02. The van der Waals surface area contributed by atoms with Crippen LogP contribution in [0.2, 0.25) is 0 Å². The zero-order valence-electron chi connectivity index (χ0n) is 11.1. The summed E-state index contributed by atoms with van der Waals surface area (Å²) in [4.78, 5) is 1.39. The van der Waals surface area contributed by atoms with Crippen molar-refractivity contribution in [1.82, 2.24) is 5.32 Å². The number of hydrogen-bond donors (Lipinski definition) is 1. The van der Waals surface area contributed by atoms with E-state index in [-0.39, 0.29) is 0 Å². The van der Waals surface area contributed by atoms with Crippen LogP contribution in [0.15, 0.2) is 27.6 Å². The van der Waals surface area contributed by atoms with E-state index in [0.29, 0.717) is 6.04 Å². The molecule has 96 valence electrons. The van der Waals surface area contributed by atoms with Gasteiger partial charge in [-0.2, -0.15) is 0 Å². The number of rotatable bonds is 6. The Morgan fingerprint density at radius 3 is 2.59 bits per heavy atom. The lowest BCUT2D eigenvalue weighted by molar-refractivity contribution is 0.589. The second-order valence-corrected chi connectivity index (χ2v) is 6.64. The number of hydrogen-bond acceptors (Lipinski definition) is 2. The maximum absolute atomic E-state index is 3.56. The monoisotopic (exact) mass is 315 g/mol. The fourth-order valence-electron chi connectivity index (χ4n) is 1.66. The highest BCUT2D eigenvalue weighted by Gasteiger charge is 2.11. The topological polar surface area (TPSA) is 12.0 Å². The van der Waals surface area contributed by atoms with Crippen LogP contribution >= 0.6 is 27.7 Å². The van der Waals surface area contributed by atoms with Gasteiger partial charge in [-0.15, -0.1) is 11.8 Å². The van der Waals surface area contributed by atoms with Crippen LogP contribution in [0.4, 0.5) is 0 Å². The molecule has 3 heteroatoms. The zero-order valence-corrected chi connectivity index (χ0v) is 13.5. The van der Waals surface area contributed by atoms with Gasteiger partial charge in [-0.25, -0.2) is 0 Å². The lowest BCUT2D eigenvalue weighted by Gasteiger charge is -2.18. The second-order valence-electron chi connectivity index (χ2n) is 4.67. The van der Waals surface area contributed by atoms with Gasteiger partial charge in [0.2, 0.25) is 0 Å². The minimum absolute atomic E-state index is 0.419. The summed E-state index contributed by atoms with van der Waals surface area (Å²) in [7, 11) is 0. The summed E-state index contributed by atoms with van der Waals surface area (Å²) < 4.78 is 1.16. The Labute approximate surface area is 118 Å². The minimum atomic E-state index is 0.419. The van der Waals surface area contributed by atoms with Gasteiger partial charge in [-0.05, 0) is 37.1 Å². The van der Waals surface area contributed by atoms with E-state index in [4.69, 9.17) is 0 Å². The summed E-state index contributed by atoms with van der Waals surface area (Å²) in [5.41, 5.74) is 1.40. The van der Waals surface area contributed by atoms with Crippen LogP contribution < -0.4 is 5.32 Å². The first-order valence-electron chi connectivity index (χ1n) is 6.20. The molecule has 0 saturated carbocycles. The van der Waals surface area contributed by atoms with Gasteiger partial charge in [0.1, 0.15) is 0 Å². The Morgan fingerprint density at radius 1 is 1.29 bits per heavy atom. The maximum atomic E-state index is 3.56. The Morgan fingerprint density at radius 2 is 2.00 bits per heavy atom. The van der Waals surface area contributed by atoms with Crippen LogP contribution in [-0.2, 0) is 0 Å². The van der Waals surface area contributed by atoms with Crippen molar-refractivity contribution < 1.29 is 0 Å². The van der Waals surface area contributed by atoms with Crippen molar-refractivity contribution in [3.05, 3.63) is 28.2 Å². The summed E-state index contributed by atoms with van der Waals surface area (Å²) in [6, 6.07) is 7.00. The van der Waals surface area contributed by atoms with Crippen LogP contribution in [0.3, 0.4) is 0 Å². The third-order valence-electron chi connectivity index (χ3n) is 2.52. The molecule has 1 rings (SSSR count). The summed E-state index contributed by atoms with van der Waals surface area (Å²) in [6.45, 7) is 9.91. The van der Waals surface area contributed by atoms with Crippen LogP contribution in [0.1, 0.15) is 39.3 Å². The van der Waals surface area contributed by atoms with E-state index in [9.17, 15) is 0 Å². The standard InChI is InChI=1S/C14H22BrNS/c1-5-16-11(4)13-7-6-12(15)8-14(13)17-9-10(2)3/h6-8,10-11,16H,5,9H2,1-4H3. The van der Waals surface area contributed by atoms with Crippen LogP contribution in [-0.4, -0.2) is 12.3 Å². The van der Waals surface area contributed by atoms with Crippen molar-refractivity contribution in [1.29, 1.82) is 0 Å². The molecule has 0 bridgehead atoms. The molecule has 1 unspecified atom stereocenters. The van der Waals surface area contributed by atoms with Crippen molar-refractivity contribution >= 4 is 27.7 Å². The van der Waals surface area contributed by atoms with Gasteiger partial charge in [-0.1, -0.05) is 42.8 Å². The van der Waals surface area contributed by atoms with E-state index in [1.807, 2.05) is 11.8 Å². The molecule has 1 N–H and O–H groups in total. The van der Waals surface area contributed by atoms with Crippen molar-refractivity contribution in [3.8, 4) is 0 Å². The molecule has 0 spiro atoms. The van der Waals surface area contributed by atoms with Gasteiger partial charge in [0, 0.05) is 21.2 Å². The first-order valence-corrected chi connectivity index (χ1v) is 7.98. The highest BCUT2D eigenvalue weighted by Crippen LogP contribution is 2.31. The third-order valence-corrected chi connectivity index (χ3v) is 4.52. The van der Waals surface area contributed by atoms with Crippen molar-refractivity contribution in [2.24, 2.45) is 5.92 Å². The average molecular weight is 316 g/mol. The van der Waals surface area contributed by atoms with Crippen LogP contribution in [0.25, 0.3) is 0 Å². The molecule has 1 atom stereocenters. The molecule has 17 heavy (non-hydrogen) atoms. The van der Waals surface area contributed by atoms with Crippen molar-refractivity contribution in [2.75, 3.05) is 12.3 Å². The number of halogens is 1. The number of benzene rings is 1. The average Bonchev–Trinajstić information content (AvgIpc) is 2.26. The molecule has 0 aliphatic rings. The van der Waals surface area contributed by atoms with Crippen LogP contribution in [0.5, 0.6) is 0 Å². The summed E-state index contributed by atoms with van der Waals surface area (Å²) in [5, 5.41) is 3.48. The van der Waals surface area contributed by atoms with E-state index in [2.05, 4.69) is 67.1 Å². The van der Waals surface area contributed by atoms with Crippen LogP contribution in [0, 0.1) is 5.92 Å². The quantitative estimate of drug-likeness (QED) is 0.752. The summed E-state index contributed by atoms with van der Waals surface area (Å²) in [5.74, 6) is 1.89.